The number of hydrogen-bond acceptors (Lipinski definition) is 15. The van der Waals surface area contributed by atoms with E-state index in [9.17, 15) is 25.3 Å². The summed E-state index contributed by atoms with van der Waals surface area (Å²) >= 11 is 12.5. The first-order valence-electron chi connectivity index (χ1n) is 2.96. The van der Waals surface area contributed by atoms with Crippen LogP contribution in [0.1, 0.15) is 0 Å². The zero-order valence-corrected chi connectivity index (χ0v) is 14.9. The molecule has 0 unspecified atom stereocenters. The number of rotatable bonds is 6. The maximum Gasteiger partial charge on any atom is 3.00 e. The van der Waals surface area contributed by atoms with Crippen molar-refractivity contribution in [1.29, 1.82) is 0 Å². The fraction of sp³-hybridized carbons (Fsp3) is 0. The van der Waals surface area contributed by atoms with E-state index in [2.05, 4.69) is 59.8 Å². The third-order valence-electron chi connectivity index (χ3n) is 0.481. The quantitative estimate of drug-likeness (QED) is 0.203. The van der Waals surface area contributed by atoms with Gasteiger partial charge in [-0.05, 0) is 0 Å². The van der Waals surface area contributed by atoms with Gasteiger partial charge < -0.3 is 28.8 Å². The minimum absolute atomic E-state index is 0. The predicted octanol–water partition coefficient (Wildman–Crippen LogP) is -4.30. The number of halogens is 3. The van der Waals surface area contributed by atoms with Gasteiger partial charge in [0.1, 0.15) is 0 Å². The largest absolute Gasteiger partial charge is 3.00 e. The van der Waals surface area contributed by atoms with Crippen LogP contribution in [0.5, 0.6) is 0 Å². The molecule has 0 aromatic heterocycles. The molecule has 0 fully saturated rings. The monoisotopic (exact) mass is 468 g/mol. The number of hydrogen-bond donors (Lipinski definition) is 0. The Hall–Kier alpha value is 0.892. The van der Waals surface area contributed by atoms with Crippen LogP contribution in [0.3, 0.4) is 0 Å². The van der Waals surface area contributed by atoms with E-state index in [0.717, 1.165) is 0 Å². The SMILES string of the molecule is O=S(=O)(O[O-])OCl.O=S(=O)(O[O-])OCl.O=S(=O)(O[O-])OCl.[Al+3]. The van der Waals surface area contributed by atoms with Gasteiger partial charge in [0.15, 0.2) is 0 Å². The Morgan fingerprint density at radius 3 is 0.682 bits per heavy atom. The zero-order chi connectivity index (χ0) is 17.7. The van der Waals surface area contributed by atoms with Gasteiger partial charge in [-0.3, -0.25) is 0 Å². The molecule has 0 aromatic rings. The van der Waals surface area contributed by atoms with E-state index in [1.807, 2.05) is 0 Å². The normalized spacial score (nSPS) is 11.2. The van der Waals surface area contributed by atoms with Crippen LogP contribution in [-0.2, 0) is 55.4 Å². The van der Waals surface area contributed by atoms with Crippen LogP contribution in [0.15, 0.2) is 0 Å². The summed E-state index contributed by atoms with van der Waals surface area (Å²) in [6, 6.07) is 0. The second-order valence-electron chi connectivity index (χ2n) is 1.62. The van der Waals surface area contributed by atoms with Crippen molar-refractivity contribution in [1.82, 2.24) is 0 Å². The summed E-state index contributed by atoms with van der Waals surface area (Å²) in [6.07, 6.45) is 0. The topological polar surface area (TPSA) is 227 Å². The second-order valence-corrected chi connectivity index (χ2v) is 5.99. The van der Waals surface area contributed by atoms with E-state index in [0.29, 0.717) is 0 Å². The molecule has 0 aliphatic heterocycles. The predicted molar refractivity (Wildman–Crippen MR) is 56.6 cm³/mol. The van der Waals surface area contributed by atoms with Crippen molar-refractivity contribution in [2.24, 2.45) is 0 Å². The van der Waals surface area contributed by atoms with Crippen molar-refractivity contribution in [2.45, 2.75) is 0 Å². The van der Waals surface area contributed by atoms with E-state index in [4.69, 9.17) is 15.8 Å². The molecule has 15 nitrogen and oxygen atoms in total. The van der Waals surface area contributed by atoms with Crippen LogP contribution in [0.25, 0.3) is 0 Å². The van der Waals surface area contributed by atoms with Gasteiger partial charge in [0.25, 0.3) is 0 Å². The van der Waals surface area contributed by atoms with Crippen molar-refractivity contribution in [3.63, 3.8) is 0 Å². The van der Waals surface area contributed by atoms with Gasteiger partial charge >= 0.3 is 48.6 Å². The summed E-state index contributed by atoms with van der Waals surface area (Å²) in [5.74, 6) is 0. The molecule has 0 aromatic carbocycles. The van der Waals surface area contributed by atoms with Crippen molar-refractivity contribution >= 4 is 84.2 Å². The first-order chi connectivity index (χ1) is 9.36. The van der Waals surface area contributed by atoms with Crippen molar-refractivity contribution < 1.29 is 65.2 Å². The first kappa shape index (κ1) is 30.7. The van der Waals surface area contributed by atoms with Crippen LogP contribution in [-0.4, -0.2) is 42.6 Å². The Balaban J connectivity index is -0.000000108. The van der Waals surface area contributed by atoms with Crippen molar-refractivity contribution in [3.8, 4) is 0 Å². The average molecular weight is 470 g/mol. The standard InChI is InChI=1S/Al.3ClHO5S/c;3*1-5-7(3,4)6-2/h;3*2H/q+3;;;/p-3. The molecule has 0 atom stereocenters. The molecule has 0 amide bonds. The van der Waals surface area contributed by atoms with Crippen LogP contribution in [0.4, 0.5) is 0 Å². The van der Waals surface area contributed by atoms with Gasteiger partial charge in [0, 0.05) is 0 Å². The second kappa shape index (κ2) is 15.4. The van der Waals surface area contributed by atoms with E-state index in [-0.39, 0.29) is 17.4 Å². The molecule has 0 heterocycles. The molecule has 0 radical (unpaired) electrons. The van der Waals surface area contributed by atoms with Gasteiger partial charge in [-0.1, -0.05) is 0 Å². The summed E-state index contributed by atoms with van der Waals surface area (Å²) < 4.78 is 73.2. The summed E-state index contributed by atoms with van der Waals surface area (Å²) in [6.45, 7) is 0. The van der Waals surface area contributed by atoms with Crippen LogP contribution >= 0.6 is 35.6 Å². The fourth-order valence-electron chi connectivity index (χ4n) is 0.0315. The Bertz CT molecular complexity index is 420. The van der Waals surface area contributed by atoms with Crippen LogP contribution < -0.4 is 15.8 Å². The third kappa shape index (κ3) is 23.2. The molecule has 0 aliphatic rings. The van der Waals surface area contributed by atoms with Gasteiger partial charge in [-0.2, -0.15) is 25.3 Å². The third-order valence-corrected chi connectivity index (χ3v) is 2.83. The Morgan fingerprint density at radius 1 is 0.545 bits per heavy atom. The molecule has 0 saturated heterocycles. The zero-order valence-electron chi connectivity index (χ0n) is 9.06. The molecule has 0 N–H and O–H groups in total. The maximum absolute atomic E-state index is 9.48. The molecule has 22 heavy (non-hydrogen) atoms. The van der Waals surface area contributed by atoms with Gasteiger partial charge in [-0.15, -0.1) is 11.2 Å². The van der Waals surface area contributed by atoms with Gasteiger partial charge in [0.05, 0.1) is 35.6 Å². The fourth-order valence-corrected chi connectivity index (χ4v) is 0.283. The van der Waals surface area contributed by atoms with E-state index < -0.39 is 31.2 Å². The summed E-state index contributed by atoms with van der Waals surface area (Å²) in [5, 5.41) is 26.7. The van der Waals surface area contributed by atoms with E-state index >= 15 is 0 Å². The molecule has 0 bridgehead atoms. The molecule has 0 spiro atoms. The summed E-state index contributed by atoms with van der Waals surface area (Å²) in [4.78, 5) is 0. The maximum atomic E-state index is 9.48. The molecular formula is AlCl3O15S3. The summed E-state index contributed by atoms with van der Waals surface area (Å²) in [5.41, 5.74) is 0. The molecule has 0 rings (SSSR count). The Morgan fingerprint density at radius 2 is 0.682 bits per heavy atom. The molecule has 0 saturated carbocycles. The average Bonchev–Trinajstić information content (AvgIpc) is 2.48. The molecular weight excluding hydrogens is 470 g/mol. The first-order valence-corrected chi connectivity index (χ1v) is 7.89. The Labute approximate surface area is 149 Å². The minimum Gasteiger partial charge on any atom is -0.705 e. The van der Waals surface area contributed by atoms with Crippen molar-refractivity contribution in [2.75, 3.05) is 0 Å². The smallest absolute Gasteiger partial charge is 0.705 e. The van der Waals surface area contributed by atoms with Crippen molar-refractivity contribution in [3.05, 3.63) is 0 Å². The molecule has 132 valence electrons. The summed E-state index contributed by atoms with van der Waals surface area (Å²) in [7, 11) is -13.3. The van der Waals surface area contributed by atoms with Crippen LogP contribution in [0, 0.1) is 0 Å². The molecule has 0 aliphatic carbocycles. The van der Waals surface area contributed by atoms with Crippen LogP contribution in [0.2, 0.25) is 0 Å². The van der Waals surface area contributed by atoms with Gasteiger partial charge in [-0.25, -0.2) is 0 Å². The minimum atomic E-state index is -4.45. The van der Waals surface area contributed by atoms with Gasteiger partial charge in [0.2, 0.25) is 0 Å². The Kier molecular flexibility index (Phi) is 21.5. The molecule has 22 heteroatoms. The van der Waals surface area contributed by atoms with E-state index in [1.54, 1.807) is 0 Å². The van der Waals surface area contributed by atoms with E-state index in [1.165, 1.54) is 0 Å².